The summed E-state index contributed by atoms with van der Waals surface area (Å²) in [6, 6.07) is 9.84. The summed E-state index contributed by atoms with van der Waals surface area (Å²) in [6.45, 7) is 4.23. The van der Waals surface area contributed by atoms with Gasteiger partial charge in [0.1, 0.15) is 0 Å². The molecule has 2 atom stereocenters. The van der Waals surface area contributed by atoms with Gasteiger partial charge in [-0.3, -0.25) is 4.79 Å². The third kappa shape index (κ3) is 4.13. The molecule has 0 radical (unpaired) electrons. The number of nitrogens with zero attached hydrogens (tertiary/aromatic N) is 1. The monoisotopic (exact) mass is 300 g/mol. The first-order valence-corrected chi connectivity index (χ1v) is 7.42. The Bertz CT molecular complexity index is 402. The van der Waals surface area contributed by atoms with Crippen molar-refractivity contribution in [1.29, 1.82) is 0 Å². The van der Waals surface area contributed by atoms with Gasteiger partial charge in [0.2, 0.25) is 5.91 Å². The van der Waals surface area contributed by atoms with Crippen molar-refractivity contribution in [3.63, 3.8) is 0 Å². The third-order valence-electron chi connectivity index (χ3n) is 3.29. The Hall–Kier alpha value is -0.710. The van der Waals surface area contributed by atoms with Crippen molar-refractivity contribution in [2.75, 3.05) is 25.4 Å². The second kappa shape index (κ2) is 7.78. The van der Waals surface area contributed by atoms with E-state index in [4.69, 9.17) is 5.73 Å². The molecule has 0 aromatic heterocycles. The number of nitrogens with two attached hydrogens (primary N) is 1. The topological polar surface area (TPSA) is 46.3 Å². The van der Waals surface area contributed by atoms with Crippen LogP contribution < -0.4 is 5.73 Å². The molecule has 106 valence electrons. The minimum Gasteiger partial charge on any atom is -0.340 e. The number of hydrogen-bond donors (Lipinski definition) is 1. The highest BCUT2D eigenvalue weighted by Gasteiger charge is 2.27. The zero-order valence-electron chi connectivity index (χ0n) is 11.1. The number of rotatable bonds is 3. The Balaban J connectivity index is 0.00000180. The second-order valence-corrected chi connectivity index (χ2v) is 6.21. The fourth-order valence-corrected chi connectivity index (χ4v) is 3.32. The molecule has 1 saturated heterocycles. The molecular formula is C14H21ClN2OS. The lowest BCUT2D eigenvalue weighted by molar-refractivity contribution is -0.132. The summed E-state index contributed by atoms with van der Waals surface area (Å²) in [5.74, 6) is 1.01. The zero-order chi connectivity index (χ0) is 13.0. The Morgan fingerprint density at radius 2 is 2.16 bits per heavy atom. The summed E-state index contributed by atoms with van der Waals surface area (Å²) < 4.78 is 0. The van der Waals surface area contributed by atoms with Crippen molar-refractivity contribution in [3.8, 4) is 0 Å². The van der Waals surface area contributed by atoms with Crippen LogP contribution in [-0.4, -0.2) is 41.4 Å². The number of benzene rings is 1. The molecular weight excluding hydrogens is 280 g/mol. The zero-order valence-corrected chi connectivity index (χ0v) is 12.8. The Labute approximate surface area is 125 Å². The molecule has 3 nitrogen and oxygen atoms in total. The van der Waals surface area contributed by atoms with E-state index in [0.29, 0.717) is 11.8 Å². The summed E-state index contributed by atoms with van der Waals surface area (Å²) in [6.07, 6.45) is 0. The van der Waals surface area contributed by atoms with Crippen molar-refractivity contribution >= 4 is 30.1 Å². The normalized spacial score (nSPS) is 20.5. The van der Waals surface area contributed by atoms with Gasteiger partial charge in [-0.25, -0.2) is 0 Å². The average molecular weight is 301 g/mol. The van der Waals surface area contributed by atoms with E-state index in [-0.39, 0.29) is 24.2 Å². The molecule has 2 N–H and O–H groups in total. The van der Waals surface area contributed by atoms with Crippen molar-refractivity contribution < 1.29 is 4.79 Å². The van der Waals surface area contributed by atoms with E-state index < -0.39 is 0 Å². The van der Waals surface area contributed by atoms with Gasteiger partial charge in [-0.15, -0.1) is 12.4 Å². The standard InChI is InChI=1S/C14H20N2OS.ClH/c1-11-10-16(7-8-18-11)14(17)13(9-15)12-5-3-2-4-6-12;/h2-6,11,13H,7-10,15H2,1H3;1H. The third-order valence-corrected chi connectivity index (χ3v) is 4.42. The van der Waals surface area contributed by atoms with Crippen molar-refractivity contribution in [2.45, 2.75) is 18.1 Å². The van der Waals surface area contributed by atoms with Crippen LogP contribution in [0.2, 0.25) is 0 Å². The van der Waals surface area contributed by atoms with E-state index in [1.54, 1.807) is 0 Å². The summed E-state index contributed by atoms with van der Waals surface area (Å²) >= 11 is 1.93. The molecule has 1 aliphatic heterocycles. The number of carbonyl (C=O) groups excluding carboxylic acids is 1. The van der Waals surface area contributed by atoms with Gasteiger partial charge in [0.05, 0.1) is 5.92 Å². The van der Waals surface area contributed by atoms with Gasteiger partial charge < -0.3 is 10.6 Å². The lowest BCUT2D eigenvalue weighted by Gasteiger charge is -2.33. The molecule has 0 saturated carbocycles. The molecule has 0 bridgehead atoms. The fourth-order valence-electron chi connectivity index (χ4n) is 2.30. The van der Waals surface area contributed by atoms with Crippen LogP contribution >= 0.6 is 24.2 Å². The first kappa shape index (κ1) is 16.3. The molecule has 0 aliphatic carbocycles. The Morgan fingerprint density at radius 3 is 2.74 bits per heavy atom. The SMILES string of the molecule is CC1CN(C(=O)C(CN)c2ccccc2)CCS1.Cl. The largest absolute Gasteiger partial charge is 0.340 e. The number of halogens is 1. The molecule has 1 fully saturated rings. The molecule has 1 aliphatic rings. The summed E-state index contributed by atoms with van der Waals surface area (Å²) in [7, 11) is 0. The summed E-state index contributed by atoms with van der Waals surface area (Å²) in [4.78, 5) is 14.5. The maximum atomic E-state index is 12.5. The molecule has 0 spiro atoms. The minimum absolute atomic E-state index is 0. The smallest absolute Gasteiger partial charge is 0.231 e. The van der Waals surface area contributed by atoms with Crippen LogP contribution in [0.25, 0.3) is 0 Å². The lowest BCUT2D eigenvalue weighted by Crippen LogP contribution is -2.44. The second-order valence-electron chi connectivity index (χ2n) is 4.66. The first-order valence-electron chi connectivity index (χ1n) is 6.37. The molecule has 2 unspecified atom stereocenters. The van der Waals surface area contributed by atoms with Crippen LogP contribution in [0.15, 0.2) is 30.3 Å². The highest BCUT2D eigenvalue weighted by Crippen LogP contribution is 2.23. The maximum Gasteiger partial charge on any atom is 0.231 e. The Kier molecular flexibility index (Phi) is 6.69. The van der Waals surface area contributed by atoms with E-state index in [9.17, 15) is 4.79 Å². The van der Waals surface area contributed by atoms with Crippen LogP contribution in [-0.2, 0) is 4.79 Å². The van der Waals surface area contributed by atoms with E-state index in [2.05, 4.69) is 6.92 Å². The van der Waals surface area contributed by atoms with Gasteiger partial charge in [0.25, 0.3) is 0 Å². The van der Waals surface area contributed by atoms with Gasteiger partial charge in [-0.2, -0.15) is 11.8 Å². The summed E-state index contributed by atoms with van der Waals surface area (Å²) in [5, 5.41) is 0.525. The van der Waals surface area contributed by atoms with Crippen molar-refractivity contribution in [2.24, 2.45) is 5.73 Å². The van der Waals surface area contributed by atoms with Crippen molar-refractivity contribution in [1.82, 2.24) is 4.90 Å². The van der Waals surface area contributed by atoms with Crippen LogP contribution in [0.1, 0.15) is 18.4 Å². The number of amides is 1. The quantitative estimate of drug-likeness (QED) is 0.930. The van der Waals surface area contributed by atoms with Gasteiger partial charge >= 0.3 is 0 Å². The average Bonchev–Trinajstić information content (AvgIpc) is 2.41. The minimum atomic E-state index is -0.193. The van der Waals surface area contributed by atoms with E-state index in [1.165, 1.54) is 0 Å². The van der Waals surface area contributed by atoms with Gasteiger partial charge in [-0.1, -0.05) is 37.3 Å². The molecule has 1 heterocycles. The molecule has 5 heteroatoms. The number of hydrogen-bond acceptors (Lipinski definition) is 3. The van der Waals surface area contributed by atoms with Crippen LogP contribution in [0.5, 0.6) is 0 Å². The predicted molar refractivity (Wildman–Crippen MR) is 84.0 cm³/mol. The number of carbonyl (C=O) groups is 1. The van der Waals surface area contributed by atoms with Gasteiger partial charge in [-0.05, 0) is 5.56 Å². The van der Waals surface area contributed by atoms with Gasteiger partial charge in [0, 0.05) is 30.6 Å². The highest BCUT2D eigenvalue weighted by molar-refractivity contribution is 7.99. The molecule has 19 heavy (non-hydrogen) atoms. The van der Waals surface area contributed by atoms with Gasteiger partial charge in [0.15, 0.2) is 0 Å². The number of thioether (sulfide) groups is 1. The van der Waals surface area contributed by atoms with E-state index >= 15 is 0 Å². The van der Waals surface area contributed by atoms with Crippen LogP contribution in [0.3, 0.4) is 0 Å². The first-order chi connectivity index (χ1) is 8.72. The van der Waals surface area contributed by atoms with E-state index in [0.717, 1.165) is 24.4 Å². The van der Waals surface area contributed by atoms with Crippen LogP contribution in [0.4, 0.5) is 0 Å². The maximum absolute atomic E-state index is 12.5. The molecule has 1 aromatic carbocycles. The Morgan fingerprint density at radius 1 is 1.47 bits per heavy atom. The van der Waals surface area contributed by atoms with Crippen molar-refractivity contribution in [3.05, 3.63) is 35.9 Å². The fraction of sp³-hybridized carbons (Fsp3) is 0.500. The molecule has 2 rings (SSSR count). The summed E-state index contributed by atoms with van der Waals surface area (Å²) in [5.41, 5.74) is 6.82. The predicted octanol–water partition coefficient (Wildman–Crippen LogP) is 2.11. The molecule has 1 amide bonds. The van der Waals surface area contributed by atoms with Crippen LogP contribution in [0, 0.1) is 0 Å². The lowest BCUT2D eigenvalue weighted by atomic mass is 9.97. The molecule has 1 aromatic rings. The van der Waals surface area contributed by atoms with E-state index in [1.807, 2.05) is 47.0 Å². The highest BCUT2D eigenvalue weighted by atomic mass is 35.5.